The highest BCUT2D eigenvalue weighted by Gasteiger charge is 2.23. The minimum atomic E-state index is -0.220. The zero-order chi connectivity index (χ0) is 20.1. The lowest BCUT2D eigenvalue weighted by Crippen LogP contribution is -2.12. The molecule has 3 aromatic heterocycles. The SMILES string of the molecule is CCCC(C)c1cc(F)cc2nc(CC(C)(C)C)c3c(nc4ccccn43)c12. The van der Waals surface area contributed by atoms with Gasteiger partial charge in [-0.1, -0.05) is 47.1 Å². The molecule has 3 nitrogen and oxygen atoms in total. The lowest BCUT2D eigenvalue weighted by Gasteiger charge is -2.20. The van der Waals surface area contributed by atoms with Crippen LogP contribution in [0.5, 0.6) is 0 Å². The van der Waals surface area contributed by atoms with Crippen molar-refractivity contribution < 1.29 is 4.39 Å². The fourth-order valence-corrected chi connectivity index (χ4v) is 4.21. The van der Waals surface area contributed by atoms with Crippen molar-refractivity contribution in [3.05, 3.63) is 53.6 Å². The van der Waals surface area contributed by atoms with Crippen LogP contribution in [0.3, 0.4) is 0 Å². The van der Waals surface area contributed by atoms with E-state index in [9.17, 15) is 4.39 Å². The number of rotatable bonds is 4. The first-order valence-electron chi connectivity index (χ1n) is 10.2. The van der Waals surface area contributed by atoms with Crippen LogP contribution in [0.15, 0.2) is 36.5 Å². The third-order valence-electron chi connectivity index (χ3n) is 5.36. The second-order valence-corrected chi connectivity index (χ2v) is 9.11. The van der Waals surface area contributed by atoms with Gasteiger partial charge in [0.2, 0.25) is 0 Å². The predicted octanol–water partition coefficient (Wildman–Crippen LogP) is 6.67. The van der Waals surface area contributed by atoms with Crippen molar-refractivity contribution in [1.29, 1.82) is 0 Å². The summed E-state index contributed by atoms with van der Waals surface area (Å²) in [6.07, 6.45) is 4.92. The number of fused-ring (bicyclic) bond motifs is 5. The van der Waals surface area contributed by atoms with E-state index in [4.69, 9.17) is 9.97 Å². The minimum Gasteiger partial charge on any atom is -0.298 e. The fraction of sp³-hybridized carbons (Fsp3) is 0.417. The number of nitrogens with zero attached hydrogens (tertiary/aromatic N) is 3. The van der Waals surface area contributed by atoms with Gasteiger partial charge in [-0.15, -0.1) is 0 Å². The van der Waals surface area contributed by atoms with Crippen LogP contribution in [-0.4, -0.2) is 14.4 Å². The van der Waals surface area contributed by atoms with Gasteiger partial charge in [-0.2, -0.15) is 0 Å². The van der Waals surface area contributed by atoms with Crippen molar-refractivity contribution >= 4 is 27.6 Å². The third-order valence-corrected chi connectivity index (χ3v) is 5.36. The summed E-state index contributed by atoms with van der Waals surface area (Å²) in [6, 6.07) is 9.28. The van der Waals surface area contributed by atoms with Gasteiger partial charge in [-0.3, -0.25) is 9.38 Å². The van der Waals surface area contributed by atoms with E-state index in [-0.39, 0.29) is 17.2 Å². The molecular formula is C24H28FN3. The number of hydrogen-bond acceptors (Lipinski definition) is 2. The van der Waals surface area contributed by atoms with E-state index in [1.807, 2.05) is 24.4 Å². The molecule has 0 saturated carbocycles. The molecule has 3 heterocycles. The summed E-state index contributed by atoms with van der Waals surface area (Å²) in [4.78, 5) is 9.94. The smallest absolute Gasteiger partial charge is 0.137 e. The molecule has 0 aliphatic carbocycles. The Labute approximate surface area is 165 Å². The maximum Gasteiger partial charge on any atom is 0.137 e. The second kappa shape index (κ2) is 6.84. The van der Waals surface area contributed by atoms with Crippen LogP contribution in [0, 0.1) is 11.2 Å². The fourth-order valence-electron chi connectivity index (χ4n) is 4.21. The van der Waals surface area contributed by atoms with E-state index >= 15 is 0 Å². The number of pyridine rings is 2. The third kappa shape index (κ3) is 3.25. The lowest BCUT2D eigenvalue weighted by molar-refractivity contribution is 0.408. The number of benzene rings is 1. The van der Waals surface area contributed by atoms with Crippen LogP contribution in [-0.2, 0) is 6.42 Å². The molecule has 0 radical (unpaired) electrons. The molecule has 1 unspecified atom stereocenters. The molecule has 4 aromatic rings. The highest BCUT2D eigenvalue weighted by atomic mass is 19.1. The van der Waals surface area contributed by atoms with Crippen molar-refractivity contribution in [2.45, 2.75) is 59.8 Å². The Balaban J connectivity index is 2.16. The topological polar surface area (TPSA) is 30.2 Å². The van der Waals surface area contributed by atoms with Crippen molar-refractivity contribution in [3.63, 3.8) is 0 Å². The van der Waals surface area contributed by atoms with Crippen LogP contribution in [0.2, 0.25) is 0 Å². The monoisotopic (exact) mass is 377 g/mol. The second-order valence-electron chi connectivity index (χ2n) is 9.11. The quantitative estimate of drug-likeness (QED) is 0.398. The molecule has 0 aliphatic heterocycles. The summed E-state index contributed by atoms with van der Waals surface area (Å²) in [5, 5.41) is 0.999. The Morgan fingerprint density at radius 1 is 1.14 bits per heavy atom. The van der Waals surface area contributed by atoms with E-state index in [0.717, 1.165) is 52.6 Å². The summed E-state index contributed by atoms with van der Waals surface area (Å²) in [5.74, 6) is 0.0363. The minimum absolute atomic E-state index is 0.0677. The average molecular weight is 378 g/mol. The molecule has 0 fully saturated rings. The first-order chi connectivity index (χ1) is 13.3. The van der Waals surface area contributed by atoms with Crippen LogP contribution in [0.25, 0.3) is 27.6 Å². The van der Waals surface area contributed by atoms with E-state index in [2.05, 4.69) is 39.0 Å². The lowest BCUT2D eigenvalue weighted by atomic mass is 9.88. The zero-order valence-corrected chi connectivity index (χ0v) is 17.4. The highest BCUT2D eigenvalue weighted by molar-refractivity contribution is 6.06. The first-order valence-corrected chi connectivity index (χ1v) is 10.2. The van der Waals surface area contributed by atoms with Gasteiger partial charge < -0.3 is 0 Å². The zero-order valence-electron chi connectivity index (χ0n) is 17.4. The van der Waals surface area contributed by atoms with Gasteiger partial charge >= 0.3 is 0 Å². The Morgan fingerprint density at radius 2 is 1.93 bits per heavy atom. The summed E-state index contributed by atoms with van der Waals surface area (Å²) in [7, 11) is 0. The summed E-state index contributed by atoms with van der Waals surface area (Å²) in [6.45, 7) is 10.9. The summed E-state index contributed by atoms with van der Waals surface area (Å²) in [5.41, 5.74) is 5.67. The highest BCUT2D eigenvalue weighted by Crippen LogP contribution is 2.36. The number of hydrogen-bond donors (Lipinski definition) is 0. The molecule has 0 spiro atoms. The number of imidazole rings is 1. The maximum atomic E-state index is 14.5. The molecule has 0 N–H and O–H groups in total. The van der Waals surface area contributed by atoms with Crippen LogP contribution < -0.4 is 0 Å². The van der Waals surface area contributed by atoms with Crippen LogP contribution in [0.1, 0.15) is 64.6 Å². The predicted molar refractivity (Wildman–Crippen MR) is 114 cm³/mol. The molecule has 4 rings (SSSR count). The molecule has 28 heavy (non-hydrogen) atoms. The van der Waals surface area contributed by atoms with Crippen LogP contribution >= 0.6 is 0 Å². The van der Waals surface area contributed by atoms with Gasteiger partial charge in [0.15, 0.2) is 0 Å². The normalized spacial score (nSPS) is 13.6. The molecule has 1 aromatic carbocycles. The van der Waals surface area contributed by atoms with Gasteiger partial charge in [0, 0.05) is 17.6 Å². The van der Waals surface area contributed by atoms with E-state index in [0.29, 0.717) is 5.52 Å². The summed E-state index contributed by atoms with van der Waals surface area (Å²) >= 11 is 0. The Morgan fingerprint density at radius 3 is 2.64 bits per heavy atom. The standard InChI is InChI=1S/C24H28FN3/c1-6-9-15(2)17-12-16(25)13-18-21(17)22-23(19(26-18)14-24(3,4)5)28-11-8-7-10-20(28)27-22/h7-8,10-13,15H,6,9,14H2,1-5H3. The van der Waals surface area contributed by atoms with Gasteiger partial charge in [-0.05, 0) is 47.9 Å². The molecule has 146 valence electrons. The van der Waals surface area contributed by atoms with E-state index in [1.165, 1.54) is 0 Å². The van der Waals surface area contributed by atoms with Crippen molar-refractivity contribution in [1.82, 2.24) is 14.4 Å². The van der Waals surface area contributed by atoms with E-state index in [1.54, 1.807) is 12.1 Å². The largest absolute Gasteiger partial charge is 0.298 e. The molecule has 0 amide bonds. The van der Waals surface area contributed by atoms with Gasteiger partial charge in [-0.25, -0.2) is 9.37 Å². The number of halogens is 1. The van der Waals surface area contributed by atoms with Gasteiger partial charge in [0.25, 0.3) is 0 Å². The Bertz CT molecular complexity index is 1170. The van der Waals surface area contributed by atoms with Gasteiger partial charge in [0.05, 0.1) is 16.7 Å². The Hall–Kier alpha value is -2.49. The molecule has 0 aliphatic rings. The molecule has 0 saturated heterocycles. The van der Waals surface area contributed by atoms with E-state index < -0.39 is 0 Å². The summed E-state index contributed by atoms with van der Waals surface area (Å²) < 4.78 is 16.6. The average Bonchev–Trinajstić information content (AvgIpc) is 2.99. The molecule has 1 atom stereocenters. The number of aromatic nitrogens is 3. The molecule has 4 heteroatoms. The molecular weight excluding hydrogens is 349 g/mol. The maximum absolute atomic E-state index is 14.5. The Kier molecular flexibility index (Phi) is 4.60. The van der Waals surface area contributed by atoms with Crippen molar-refractivity contribution in [3.8, 4) is 0 Å². The van der Waals surface area contributed by atoms with Crippen molar-refractivity contribution in [2.24, 2.45) is 5.41 Å². The first kappa shape index (κ1) is 18.9. The molecule has 0 bridgehead atoms. The van der Waals surface area contributed by atoms with Gasteiger partial charge in [0.1, 0.15) is 17.0 Å². The van der Waals surface area contributed by atoms with Crippen molar-refractivity contribution in [2.75, 3.05) is 0 Å². The van der Waals surface area contributed by atoms with Crippen LogP contribution in [0.4, 0.5) is 4.39 Å².